The van der Waals surface area contributed by atoms with Gasteiger partial charge in [-0.15, -0.1) is 0 Å². The second kappa shape index (κ2) is 4.65. The summed E-state index contributed by atoms with van der Waals surface area (Å²) in [6.07, 6.45) is 2.29. The Morgan fingerprint density at radius 1 is 1.56 bits per heavy atom. The zero-order valence-corrected chi connectivity index (χ0v) is 10.0. The van der Waals surface area contributed by atoms with Crippen LogP contribution >= 0.6 is 11.9 Å². The summed E-state index contributed by atoms with van der Waals surface area (Å²) >= 11 is 1.30. The van der Waals surface area contributed by atoms with Crippen LogP contribution in [-0.2, 0) is 6.42 Å². The molecule has 1 aliphatic heterocycles. The molecule has 1 aromatic carbocycles. The minimum atomic E-state index is -0.392. The Morgan fingerprint density at radius 2 is 2.38 bits per heavy atom. The molecule has 0 aromatic heterocycles. The second-order valence-corrected chi connectivity index (χ2v) is 4.30. The molecule has 0 atom stereocenters. The Balaban J connectivity index is 2.16. The van der Waals surface area contributed by atoms with Crippen LogP contribution in [0.5, 0.6) is 11.5 Å². The summed E-state index contributed by atoms with van der Waals surface area (Å²) in [6.45, 7) is 0.655. The average molecular weight is 239 g/mol. The van der Waals surface area contributed by atoms with Crippen molar-refractivity contribution in [3.63, 3.8) is 0 Å². The van der Waals surface area contributed by atoms with Gasteiger partial charge in [-0.1, -0.05) is 12.1 Å². The van der Waals surface area contributed by atoms with Crippen molar-refractivity contribution in [1.82, 2.24) is 4.31 Å². The monoisotopic (exact) mass is 239 g/mol. The van der Waals surface area contributed by atoms with Crippen molar-refractivity contribution in [2.45, 2.75) is 6.42 Å². The Labute approximate surface area is 98.7 Å². The molecule has 1 aliphatic rings. The molecule has 0 fully saturated rings. The average Bonchev–Trinajstić information content (AvgIpc) is 2.77. The first-order valence-corrected chi connectivity index (χ1v) is 6.15. The summed E-state index contributed by atoms with van der Waals surface area (Å²) in [5.74, 6) is 1.20. The van der Waals surface area contributed by atoms with Gasteiger partial charge in [0.2, 0.25) is 0 Å². The summed E-state index contributed by atoms with van der Waals surface area (Å²) in [5, 5.41) is 0. The third-order valence-corrected chi connectivity index (χ3v) is 3.10. The Hall–Kier alpha value is -1.36. The van der Waals surface area contributed by atoms with Gasteiger partial charge in [0.05, 0.1) is 6.61 Å². The first-order chi connectivity index (χ1) is 7.72. The largest absolute Gasteiger partial charge is 0.489 e. The number of nitrogens with zero attached hydrogens (tertiary/aromatic N) is 1. The van der Waals surface area contributed by atoms with Crippen molar-refractivity contribution >= 4 is 18.0 Å². The van der Waals surface area contributed by atoms with E-state index in [1.54, 1.807) is 13.1 Å². The lowest BCUT2D eigenvalue weighted by molar-refractivity contribution is 0.185. The fourth-order valence-corrected chi connectivity index (χ4v) is 1.68. The first-order valence-electron chi connectivity index (χ1n) is 4.96. The highest BCUT2D eigenvalue weighted by molar-refractivity contribution is 7.96. The number of carbonyl (C=O) groups excluding carboxylic acids is 1. The van der Waals surface area contributed by atoms with Crippen LogP contribution in [0.15, 0.2) is 18.2 Å². The lowest BCUT2D eigenvalue weighted by Gasteiger charge is -2.14. The summed E-state index contributed by atoms with van der Waals surface area (Å²) in [7, 11) is 1.66. The second-order valence-electron chi connectivity index (χ2n) is 3.39. The van der Waals surface area contributed by atoms with Crippen molar-refractivity contribution in [2.24, 2.45) is 0 Å². The zero-order chi connectivity index (χ0) is 11.5. The van der Waals surface area contributed by atoms with Crippen LogP contribution in [0, 0.1) is 0 Å². The van der Waals surface area contributed by atoms with Gasteiger partial charge in [0.25, 0.3) is 0 Å². The van der Waals surface area contributed by atoms with E-state index in [9.17, 15) is 4.79 Å². The van der Waals surface area contributed by atoms with Gasteiger partial charge in [0.15, 0.2) is 11.5 Å². The highest BCUT2D eigenvalue weighted by Crippen LogP contribution is 2.35. The molecule has 0 saturated carbocycles. The van der Waals surface area contributed by atoms with Gasteiger partial charge in [-0.2, -0.15) is 0 Å². The lowest BCUT2D eigenvalue weighted by Crippen LogP contribution is -2.23. The molecule has 0 saturated heterocycles. The number of benzene rings is 1. The van der Waals surface area contributed by atoms with Crippen LogP contribution in [0.25, 0.3) is 0 Å². The molecule has 0 N–H and O–H groups in total. The predicted molar refractivity (Wildman–Crippen MR) is 62.9 cm³/mol. The van der Waals surface area contributed by atoms with Gasteiger partial charge in [-0.25, -0.2) is 4.79 Å². The van der Waals surface area contributed by atoms with Gasteiger partial charge in [-0.3, -0.25) is 4.31 Å². The molecule has 0 spiro atoms. The van der Waals surface area contributed by atoms with Crippen LogP contribution in [-0.4, -0.2) is 30.3 Å². The van der Waals surface area contributed by atoms with Gasteiger partial charge in [0.1, 0.15) is 0 Å². The van der Waals surface area contributed by atoms with E-state index in [-0.39, 0.29) is 0 Å². The molecule has 1 aromatic rings. The molecule has 2 rings (SSSR count). The highest BCUT2D eigenvalue weighted by Gasteiger charge is 2.20. The lowest BCUT2D eigenvalue weighted by atomic mass is 10.1. The molecule has 0 bridgehead atoms. The standard InChI is InChI=1S/C11H13NO3S/c1-12(16-2)11(13)15-9-5-3-4-8-6-7-14-10(8)9/h3-5H,6-7H2,1-2H3. The molecule has 1 amide bonds. The number of para-hydroxylation sites is 1. The normalized spacial score (nSPS) is 12.9. The number of hydrogen-bond acceptors (Lipinski definition) is 4. The van der Waals surface area contributed by atoms with Crippen molar-refractivity contribution in [1.29, 1.82) is 0 Å². The van der Waals surface area contributed by atoms with E-state index in [4.69, 9.17) is 9.47 Å². The molecular weight excluding hydrogens is 226 g/mol. The minimum Gasteiger partial charge on any atom is -0.489 e. The fraction of sp³-hybridized carbons (Fsp3) is 0.364. The fourth-order valence-electron chi connectivity index (χ4n) is 1.50. The third-order valence-electron chi connectivity index (χ3n) is 2.41. The zero-order valence-electron chi connectivity index (χ0n) is 9.23. The molecule has 0 aliphatic carbocycles. The number of hydrogen-bond donors (Lipinski definition) is 0. The molecule has 1 heterocycles. The topological polar surface area (TPSA) is 38.8 Å². The number of fused-ring (bicyclic) bond motifs is 1. The predicted octanol–water partition coefficient (Wildman–Crippen LogP) is 2.33. The van der Waals surface area contributed by atoms with Gasteiger partial charge < -0.3 is 9.47 Å². The molecular formula is C11H13NO3S. The third kappa shape index (κ3) is 2.09. The van der Waals surface area contributed by atoms with E-state index in [1.165, 1.54) is 16.3 Å². The quantitative estimate of drug-likeness (QED) is 0.742. The molecule has 16 heavy (non-hydrogen) atoms. The number of carbonyl (C=O) groups is 1. The van der Waals surface area contributed by atoms with Gasteiger partial charge in [0, 0.05) is 25.3 Å². The van der Waals surface area contributed by atoms with Crippen LogP contribution in [0.2, 0.25) is 0 Å². The maximum Gasteiger partial charge on any atom is 0.425 e. The van der Waals surface area contributed by atoms with Crippen molar-refractivity contribution in [3.05, 3.63) is 23.8 Å². The maximum absolute atomic E-state index is 11.6. The maximum atomic E-state index is 11.6. The summed E-state index contributed by atoms with van der Waals surface area (Å²) in [4.78, 5) is 11.6. The summed E-state index contributed by atoms with van der Waals surface area (Å²) in [5.41, 5.74) is 1.09. The SMILES string of the molecule is CSN(C)C(=O)Oc1cccc2c1OCC2. The summed E-state index contributed by atoms with van der Waals surface area (Å²) in [6, 6.07) is 5.60. The van der Waals surface area contributed by atoms with E-state index in [1.807, 2.05) is 18.4 Å². The summed E-state index contributed by atoms with van der Waals surface area (Å²) < 4.78 is 12.1. The van der Waals surface area contributed by atoms with Gasteiger partial charge >= 0.3 is 6.09 Å². The smallest absolute Gasteiger partial charge is 0.425 e. The Bertz CT molecular complexity index is 408. The van der Waals surface area contributed by atoms with Crippen LogP contribution < -0.4 is 9.47 Å². The van der Waals surface area contributed by atoms with E-state index in [0.29, 0.717) is 18.1 Å². The van der Waals surface area contributed by atoms with Crippen molar-refractivity contribution in [3.8, 4) is 11.5 Å². The van der Waals surface area contributed by atoms with Crippen molar-refractivity contribution < 1.29 is 14.3 Å². The molecule has 4 nitrogen and oxygen atoms in total. The number of amides is 1. The van der Waals surface area contributed by atoms with Gasteiger partial charge in [-0.05, 0) is 18.0 Å². The van der Waals surface area contributed by atoms with E-state index in [2.05, 4.69) is 0 Å². The van der Waals surface area contributed by atoms with Crippen LogP contribution in [0.4, 0.5) is 4.79 Å². The van der Waals surface area contributed by atoms with E-state index in [0.717, 1.165) is 12.0 Å². The molecule has 86 valence electrons. The van der Waals surface area contributed by atoms with Crippen LogP contribution in [0.3, 0.4) is 0 Å². The molecule has 0 radical (unpaired) electrons. The first kappa shape index (κ1) is 11.1. The highest BCUT2D eigenvalue weighted by atomic mass is 32.2. The Morgan fingerprint density at radius 3 is 3.12 bits per heavy atom. The molecule has 0 unspecified atom stereocenters. The van der Waals surface area contributed by atoms with Crippen LogP contribution in [0.1, 0.15) is 5.56 Å². The molecule has 5 heteroatoms. The Kier molecular flexibility index (Phi) is 3.24. The van der Waals surface area contributed by atoms with Crippen molar-refractivity contribution in [2.75, 3.05) is 19.9 Å². The van der Waals surface area contributed by atoms with E-state index < -0.39 is 6.09 Å². The van der Waals surface area contributed by atoms with E-state index >= 15 is 0 Å². The minimum absolute atomic E-state index is 0.392. The number of ether oxygens (including phenoxy) is 2. The number of rotatable bonds is 2.